The van der Waals surface area contributed by atoms with Crippen molar-refractivity contribution in [1.29, 1.82) is 0 Å². The molecule has 0 saturated heterocycles. The first-order chi connectivity index (χ1) is 9.10. The van der Waals surface area contributed by atoms with Crippen molar-refractivity contribution >= 4 is 11.6 Å². The number of nitrogens with two attached hydrogens (primary N) is 1. The lowest BCUT2D eigenvalue weighted by Gasteiger charge is -2.08. The predicted molar refractivity (Wildman–Crippen MR) is 73.6 cm³/mol. The summed E-state index contributed by atoms with van der Waals surface area (Å²) in [5.41, 5.74) is 4.81. The Hall–Kier alpha value is -2.27. The number of carbonyl (C=O) groups is 1. The maximum Gasteiger partial charge on any atom is 0.251 e. The number of hydrogen-bond donors (Lipinski definition) is 3. The maximum atomic E-state index is 12.0. The molecule has 4 N–H and O–H groups in total. The van der Waals surface area contributed by atoms with Crippen LogP contribution in [0.15, 0.2) is 34.7 Å². The Balaban J connectivity index is 2.03. The highest BCUT2D eigenvalue weighted by atomic mass is 16.3. The summed E-state index contributed by atoms with van der Waals surface area (Å²) >= 11 is 0. The van der Waals surface area contributed by atoms with Gasteiger partial charge < -0.3 is 15.2 Å². The van der Waals surface area contributed by atoms with Crippen molar-refractivity contribution in [3.8, 4) is 0 Å². The number of hydrogen-bond acceptors (Lipinski definition) is 4. The van der Waals surface area contributed by atoms with Crippen molar-refractivity contribution in [3.63, 3.8) is 0 Å². The Kier molecular flexibility index (Phi) is 3.87. The minimum atomic E-state index is -0.130. The Labute approximate surface area is 111 Å². The van der Waals surface area contributed by atoms with Gasteiger partial charge in [0.25, 0.3) is 5.91 Å². The van der Waals surface area contributed by atoms with Crippen LogP contribution in [0.1, 0.15) is 27.4 Å². The number of rotatable bonds is 4. The second-order valence-corrected chi connectivity index (χ2v) is 4.37. The van der Waals surface area contributed by atoms with E-state index in [1.165, 1.54) is 0 Å². The van der Waals surface area contributed by atoms with Crippen molar-refractivity contribution < 1.29 is 9.21 Å². The van der Waals surface area contributed by atoms with Gasteiger partial charge in [-0.15, -0.1) is 0 Å². The van der Waals surface area contributed by atoms with Crippen LogP contribution >= 0.6 is 0 Å². The number of carbonyl (C=O) groups excluding carboxylic acids is 1. The highest BCUT2D eigenvalue weighted by molar-refractivity contribution is 5.95. The standard InChI is InChI=1S/C14H17N3O2/c1-9-7-11(17-15)4-6-13(9)14(18)16-8-12-5-3-10(2)19-12/h3-7,17H,8,15H2,1-2H3,(H,16,18). The number of hydrazine groups is 1. The second kappa shape index (κ2) is 5.58. The highest BCUT2D eigenvalue weighted by Gasteiger charge is 2.09. The van der Waals surface area contributed by atoms with Gasteiger partial charge in [-0.2, -0.15) is 0 Å². The maximum absolute atomic E-state index is 12.0. The molecule has 1 aromatic carbocycles. The van der Waals surface area contributed by atoms with E-state index >= 15 is 0 Å². The van der Waals surface area contributed by atoms with Crippen LogP contribution in [-0.2, 0) is 6.54 Å². The van der Waals surface area contributed by atoms with E-state index in [0.717, 1.165) is 22.8 Å². The van der Waals surface area contributed by atoms with Crippen molar-refractivity contribution in [3.05, 3.63) is 53.0 Å². The molecule has 19 heavy (non-hydrogen) atoms. The molecule has 0 aliphatic heterocycles. The van der Waals surface area contributed by atoms with Crippen LogP contribution < -0.4 is 16.6 Å². The van der Waals surface area contributed by atoms with Crippen LogP contribution in [0, 0.1) is 13.8 Å². The Morgan fingerprint density at radius 1 is 1.26 bits per heavy atom. The van der Waals surface area contributed by atoms with Crippen molar-refractivity contribution in [2.75, 3.05) is 5.43 Å². The van der Waals surface area contributed by atoms with E-state index in [4.69, 9.17) is 10.3 Å². The number of aryl methyl sites for hydroxylation is 2. The van der Waals surface area contributed by atoms with Crippen LogP contribution in [-0.4, -0.2) is 5.91 Å². The van der Waals surface area contributed by atoms with Crippen LogP contribution in [0.3, 0.4) is 0 Å². The van der Waals surface area contributed by atoms with Gasteiger partial charge in [0.1, 0.15) is 11.5 Å². The molecule has 2 aromatic rings. The molecule has 5 nitrogen and oxygen atoms in total. The molecule has 1 amide bonds. The minimum Gasteiger partial charge on any atom is -0.465 e. The summed E-state index contributed by atoms with van der Waals surface area (Å²) in [6.07, 6.45) is 0. The molecule has 2 rings (SSSR count). The minimum absolute atomic E-state index is 0.130. The molecular formula is C14H17N3O2. The summed E-state index contributed by atoms with van der Waals surface area (Å²) in [6, 6.07) is 9.05. The van der Waals surface area contributed by atoms with Gasteiger partial charge in [-0.1, -0.05) is 0 Å². The van der Waals surface area contributed by atoms with Gasteiger partial charge in [0.2, 0.25) is 0 Å². The van der Waals surface area contributed by atoms with Gasteiger partial charge >= 0.3 is 0 Å². The van der Waals surface area contributed by atoms with E-state index < -0.39 is 0 Å². The van der Waals surface area contributed by atoms with Crippen LogP contribution in [0.2, 0.25) is 0 Å². The van der Waals surface area contributed by atoms with Gasteiger partial charge in [-0.05, 0) is 49.7 Å². The SMILES string of the molecule is Cc1ccc(CNC(=O)c2ccc(NN)cc2C)o1. The summed E-state index contributed by atoms with van der Waals surface area (Å²) in [5, 5.41) is 2.82. The summed E-state index contributed by atoms with van der Waals surface area (Å²) < 4.78 is 5.40. The molecule has 0 spiro atoms. The Morgan fingerprint density at radius 3 is 2.63 bits per heavy atom. The third-order valence-corrected chi connectivity index (χ3v) is 2.86. The zero-order chi connectivity index (χ0) is 13.8. The quantitative estimate of drug-likeness (QED) is 0.580. The molecule has 0 unspecified atom stereocenters. The third kappa shape index (κ3) is 3.14. The number of anilines is 1. The average Bonchev–Trinajstić information content (AvgIpc) is 2.81. The number of furan rings is 1. The monoisotopic (exact) mass is 259 g/mol. The summed E-state index contributed by atoms with van der Waals surface area (Å²) in [5.74, 6) is 6.76. The van der Waals surface area contributed by atoms with Gasteiger partial charge in [-0.3, -0.25) is 10.6 Å². The molecule has 0 saturated carbocycles. The summed E-state index contributed by atoms with van der Waals surface area (Å²) in [7, 11) is 0. The van der Waals surface area contributed by atoms with Gasteiger partial charge in [0, 0.05) is 11.3 Å². The molecule has 0 radical (unpaired) electrons. The van der Waals surface area contributed by atoms with E-state index in [9.17, 15) is 4.79 Å². The molecule has 0 atom stereocenters. The highest BCUT2D eigenvalue weighted by Crippen LogP contribution is 2.14. The number of nitrogen functional groups attached to an aromatic ring is 1. The molecule has 0 bridgehead atoms. The molecular weight excluding hydrogens is 242 g/mol. The first kappa shape index (κ1) is 13.2. The summed E-state index contributed by atoms with van der Waals surface area (Å²) in [6.45, 7) is 4.11. The summed E-state index contributed by atoms with van der Waals surface area (Å²) in [4.78, 5) is 12.0. The smallest absolute Gasteiger partial charge is 0.251 e. The second-order valence-electron chi connectivity index (χ2n) is 4.37. The lowest BCUT2D eigenvalue weighted by Crippen LogP contribution is -2.23. The molecule has 1 heterocycles. The van der Waals surface area contributed by atoms with Crippen LogP contribution in [0.4, 0.5) is 5.69 Å². The van der Waals surface area contributed by atoms with Crippen molar-refractivity contribution in [1.82, 2.24) is 5.32 Å². The van der Waals surface area contributed by atoms with Crippen LogP contribution in [0.25, 0.3) is 0 Å². The number of nitrogens with one attached hydrogen (secondary N) is 2. The van der Waals surface area contributed by atoms with Crippen molar-refractivity contribution in [2.24, 2.45) is 5.84 Å². The lowest BCUT2D eigenvalue weighted by molar-refractivity contribution is 0.0947. The van der Waals surface area contributed by atoms with Crippen LogP contribution in [0.5, 0.6) is 0 Å². The molecule has 0 fully saturated rings. The number of benzene rings is 1. The fourth-order valence-electron chi connectivity index (χ4n) is 1.85. The molecule has 0 aliphatic rings. The van der Waals surface area contributed by atoms with E-state index in [0.29, 0.717) is 12.1 Å². The fraction of sp³-hybridized carbons (Fsp3) is 0.214. The lowest BCUT2D eigenvalue weighted by atomic mass is 10.1. The Morgan fingerprint density at radius 2 is 2.05 bits per heavy atom. The molecule has 0 aliphatic carbocycles. The zero-order valence-corrected chi connectivity index (χ0v) is 11.0. The topological polar surface area (TPSA) is 80.3 Å². The fourth-order valence-corrected chi connectivity index (χ4v) is 1.85. The normalized spacial score (nSPS) is 10.3. The van der Waals surface area contributed by atoms with Gasteiger partial charge in [-0.25, -0.2) is 0 Å². The van der Waals surface area contributed by atoms with E-state index in [-0.39, 0.29) is 5.91 Å². The first-order valence-electron chi connectivity index (χ1n) is 6.01. The van der Waals surface area contributed by atoms with E-state index in [1.54, 1.807) is 12.1 Å². The third-order valence-electron chi connectivity index (χ3n) is 2.86. The predicted octanol–water partition coefficient (Wildman–Crippen LogP) is 2.11. The first-order valence-corrected chi connectivity index (χ1v) is 6.01. The molecule has 100 valence electrons. The largest absolute Gasteiger partial charge is 0.465 e. The van der Waals surface area contributed by atoms with Gasteiger partial charge in [0.05, 0.1) is 6.54 Å². The van der Waals surface area contributed by atoms with Gasteiger partial charge in [0.15, 0.2) is 0 Å². The Bertz CT molecular complexity index is 590. The van der Waals surface area contributed by atoms with E-state index in [1.807, 2.05) is 32.0 Å². The van der Waals surface area contributed by atoms with E-state index in [2.05, 4.69) is 10.7 Å². The number of amides is 1. The zero-order valence-electron chi connectivity index (χ0n) is 11.0. The molecule has 5 heteroatoms. The van der Waals surface area contributed by atoms with Crippen molar-refractivity contribution in [2.45, 2.75) is 20.4 Å². The molecule has 1 aromatic heterocycles. The average molecular weight is 259 g/mol.